The van der Waals surface area contributed by atoms with Crippen molar-refractivity contribution in [2.24, 2.45) is 10.8 Å². The van der Waals surface area contributed by atoms with E-state index in [4.69, 9.17) is 0 Å². The van der Waals surface area contributed by atoms with Gasteiger partial charge in [0.05, 0.1) is 0 Å². The van der Waals surface area contributed by atoms with Gasteiger partial charge in [-0.25, -0.2) is 13.2 Å². The number of aliphatic carboxylic acids is 2. The van der Waals surface area contributed by atoms with E-state index in [1.807, 2.05) is 0 Å². The van der Waals surface area contributed by atoms with Crippen LogP contribution < -0.4 is 0 Å². The molecule has 1 rings (SSSR count). The van der Waals surface area contributed by atoms with Crippen LogP contribution in [0.3, 0.4) is 0 Å². The van der Waals surface area contributed by atoms with Gasteiger partial charge in [0, 0.05) is 6.42 Å². The lowest BCUT2D eigenvalue weighted by Crippen LogP contribution is -2.44. The zero-order valence-electron chi connectivity index (χ0n) is 12.4. The SMILES string of the molecule is CC(C)(C)CC(Cc1ccc(F)c(F)c1F)(C(=O)O)C(=O)O. The molecule has 0 fully saturated rings. The maximum Gasteiger partial charge on any atom is 0.321 e. The van der Waals surface area contributed by atoms with Gasteiger partial charge in [0.2, 0.25) is 0 Å². The Labute approximate surface area is 125 Å². The molecule has 2 N–H and O–H groups in total. The Bertz CT molecular complexity index is 592. The average molecular weight is 318 g/mol. The van der Waals surface area contributed by atoms with Gasteiger partial charge in [0.25, 0.3) is 0 Å². The zero-order chi connectivity index (χ0) is 17.3. The van der Waals surface area contributed by atoms with Crippen LogP contribution in [0, 0.1) is 28.3 Å². The molecule has 0 atom stereocenters. The summed E-state index contributed by atoms with van der Waals surface area (Å²) in [6.07, 6.45) is -1.08. The summed E-state index contributed by atoms with van der Waals surface area (Å²) in [7, 11) is 0. The fraction of sp³-hybridized carbons (Fsp3) is 0.467. The summed E-state index contributed by atoms with van der Waals surface area (Å²) in [6.45, 7) is 4.90. The Hall–Kier alpha value is -2.05. The Morgan fingerprint density at radius 2 is 1.50 bits per heavy atom. The van der Waals surface area contributed by atoms with Crippen molar-refractivity contribution < 1.29 is 33.0 Å². The Morgan fingerprint density at radius 3 is 1.91 bits per heavy atom. The lowest BCUT2D eigenvalue weighted by Gasteiger charge is -2.32. The summed E-state index contributed by atoms with van der Waals surface area (Å²) in [6, 6.07) is 1.50. The van der Waals surface area contributed by atoms with Crippen molar-refractivity contribution in [1.82, 2.24) is 0 Å². The number of hydrogen-bond acceptors (Lipinski definition) is 2. The number of benzene rings is 1. The van der Waals surface area contributed by atoms with Crippen molar-refractivity contribution in [2.45, 2.75) is 33.6 Å². The molecule has 1 aromatic rings. The molecule has 7 heteroatoms. The third-order valence-electron chi connectivity index (χ3n) is 3.26. The second kappa shape index (κ2) is 5.98. The van der Waals surface area contributed by atoms with Crippen molar-refractivity contribution in [3.63, 3.8) is 0 Å². The normalized spacial score (nSPS) is 12.3. The van der Waals surface area contributed by atoms with Crippen molar-refractivity contribution >= 4 is 11.9 Å². The quantitative estimate of drug-likeness (QED) is 0.645. The van der Waals surface area contributed by atoms with E-state index in [0.29, 0.717) is 6.07 Å². The minimum absolute atomic E-state index is 0.302. The van der Waals surface area contributed by atoms with Gasteiger partial charge in [-0.1, -0.05) is 26.8 Å². The fourth-order valence-electron chi connectivity index (χ4n) is 2.39. The van der Waals surface area contributed by atoms with E-state index < -0.39 is 52.2 Å². The first-order valence-electron chi connectivity index (χ1n) is 6.50. The van der Waals surface area contributed by atoms with Crippen LogP contribution >= 0.6 is 0 Å². The van der Waals surface area contributed by atoms with E-state index in [1.165, 1.54) is 0 Å². The van der Waals surface area contributed by atoms with Crippen molar-refractivity contribution in [1.29, 1.82) is 0 Å². The molecular weight excluding hydrogens is 301 g/mol. The van der Waals surface area contributed by atoms with E-state index in [9.17, 15) is 33.0 Å². The van der Waals surface area contributed by atoms with Crippen molar-refractivity contribution in [2.75, 3.05) is 0 Å². The summed E-state index contributed by atoms with van der Waals surface area (Å²) < 4.78 is 39.9. The molecule has 0 amide bonds. The maximum absolute atomic E-state index is 13.8. The summed E-state index contributed by atoms with van der Waals surface area (Å²) >= 11 is 0. The maximum atomic E-state index is 13.8. The summed E-state index contributed by atoms with van der Waals surface area (Å²) in [5.41, 5.74) is -3.51. The molecule has 0 aliphatic rings. The first kappa shape index (κ1) is 18.0. The Kier molecular flexibility index (Phi) is 4.89. The molecular formula is C15H17F3O4. The molecule has 0 saturated carbocycles. The first-order chi connectivity index (χ1) is 9.90. The van der Waals surface area contributed by atoms with E-state index in [1.54, 1.807) is 20.8 Å². The molecule has 122 valence electrons. The third-order valence-corrected chi connectivity index (χ3v) is 3.26. The summed E-state index contributed by atoms with van der Waals surface area (Å²) in [5, 5.41) is 18.7. The molecule has 0 aliphatic carbocycles. The van der Waals surface area contributed by atoms with Gasteiger partial charge in [0.1, 0.15) is 0 Å². The topological polar surface area (TPSA) is 74.6 Å². The number of carboxylic acids is 2. The summed E-state index contributed by atoms with van der Waals surface area (Å²) in [5.74, 6) is -8.05. The third kappa shape index (κ3) is 3.58. The molecule has 0 aliphatic heterocycles. The van der Waals surface area contributed by atoms with Gasteiger partial charge in [-0.3, -0.25) is 9.59 Å². The van der Waals surface area contributed by atoms with E-state index in [2.05, 4.69) is 0 Å². The predicted octanol–water partition coefficient (Wildman–Crippen LogP) is 3.24. The minimum atomic E-state index is -2.33. The highest BCUT2D eigenvalue weighted by Crippen LogP contribution is 2.38. The van der Waals surface area contributed by atoms with E-state index in [-0.39, 0.29) is 6.42 Å². The fourth-order valence-corrected chi connectivity index (χ4v) is 2.39. The van der Waals surface area contributed by atoms with Gasteiger partial charge >= 0.3 is 11.9 Å². The number of halogens is 3. The van der Waals surface area contributed by atoms with Gasteiger partial charge < -0.3 is 10.2 Å². The number of carboxylic acid groups (broad SMARTS) is 2. The van der Waals surface area contributed by atoms with Crippen LogP contribution in [0.4, 0.5) is 13.2 Å². The molecule has 0 radical (unpaired) electrons. The molecule has 0 heterocycles. The molecule has 0 aromatic heterocycles. The highest BCUT2D eigenvalue weighted by Gasteiger charge is 2.49. The van der Waals surface area contributed by atoms with Crippen LogP contribution in [0.2, 0.25) is 0 Å². The molecule has 0 spiro atoms. The highest BCUT2D eigenvalue weighted by molar-refractivity contribution is 5.98. The van der Waals surface area contributed by atoms with Gasteiger partial charge in [0.15, 0.2) is 22.9 Å². The molecule has 0 bridgehead atoms. The number of rotatable bonds is 5. The zero-order valence-corrected chi connectivity index (χ0v) is 12.4. The molecule has 4 nitrogen and oxygen atoms in total. The lowest BCUT2D eigenvalue weighted by molar-refractivity contribution is -0.167. The van der Waals surface area contributed by atoms with Crippen LogP contribution in [0.5, 0.6) is 0 Å². The minimum Gasteiger partial charge on any atom is -0.480 e. The molecule has 1 aromatic carbocycles. The molecule has 0 unspecified atom stereocenters. The van der Waals surface area contributed by atoms with Crippen LogP contribution in [-0.2, 0) is 16.0 Å². The number of hydrogen-bond donors (Lipinski definition) is 2. The van der Waals surface area contributed by atoms with Gasteiger partial charge in [-0.15, -0.1) is 0 Å². The second-order valence-corrected chi connectivity index (χ2v) is 6.44. The van der Waals surface area contributed by atoms with Crippen molar-refractivity contribution in [3.05, 3.63) is 35.1 Å². The highest BCUT2D eigenvalue weighted by atomic mass is 19.2. The smallest absolute Gasteiger partial charge is 0.321 e. The largest absolute Gasteiger partial charge is 0.480 e. The van der Waals surface area contributed by atoms with Crippen LogP contribution in [0.25, 0.3) is 0 Å². The standard InChI is InChI=1S/C15H17F3O4/c1-14(2,3)7-15(12(19)20,13(21)22)6-8-4-5-9(16)11(18)10(8)17/h4-5H,6-7H2,1-3H3,(H,19,20)(H,21,22). The Balaban J connectivity index is 3.39. The molecule has 22 heavy (non-hydrogen) atoms. The monoisotopic (exact) mass is 318 g/mol. The second-order valence-electron chi connectivity index (χ2n) is 6.44. The van der Waals surface area contributed by atoms with Crippen LogP contribution in [0.1, 0.15) is 32.8 Å². The van der Waals surface area contributed by atoms with E-state index in [0.717, 1.165) is 6.07 Å². The average Bonchev–Trinajstić information content (AvgIpc) is 2.36. The van der Waals surface area contributed by atoms with E-state index >= 15 is 0 Å². The van der Waals surface area contributed by atoms with Gasteiger partial charge in [-0.05, 0) is 23.5 Å². The number of carbonyl (C=O) groups is 2. The molecule has 0 saturated heterocycles. The summed E-state index contributed by atoms with van der Waals surface area (Å²) in [4.78, 5) is 23.1. The predicted molar refractivity (Wildman–Crippen MR) is 71.8 cm³/mol. The first-order valence-corrected chi connectivity index (χ1v) is 6.50. The van der Waals surface area contributed by atoms with Gasteiger partial charge in [-0.2, -0.15) is 0 Å². The van der Waals surface area contributed by atoms with Crippen LogP contribution in [0.15, 0.2) is 12.1 Å². The van der Waals surface area contributed by atoms with Crippen molar-refractivity contribution in [3.8, 4) is 0 Å². The Morgan fingerprint density at radius 1 is 1.00 bits per heavy atom. The van der Waals surface area contributed by atoms with Crippen LogP contribution in [-0.4, -0.2) is 22.2 Å². The lowest BCUT2D eigenvalue weighted by atomic mass is 9.70.